The summed E-state index contributed by atoms with van der Waals surface area (Å²) in [6.45, 7) is 1.83. The summed E-state index contributed by atoms with van der Waals surface area (Å²) in [5, 5.41) is 7.04. The van der Waals surface area contributed by atoms with Gasteiger partial charge in [0.1, 0.15) is 0 Å². The second-order valence-corrected chi connectivity index (χ2v) is 7.71. The first-order valence-electron chi connectivity index (χ1n) is 9.59. The van der Waals surface area contributed by atoms with E-state index < -0.39 is 0 Å². The molecule has 5 nitrogen and oxygen atoms in total. The Morgan fingerprint density at radius 3 is 2.13 bits per heavy atom. The quantitative estimate of drug-likeness (QED) is 0.309. The minimum Gasteiger partial charge on any atom is -0.322 e. The Morgan fingerprint density at radius 1 is 0.833 bits per heavy atom. The van der Waals surface area contributed by atoms with E-state index in [0.29, 0.717) is 29.1 Å². The van der Waals surface area contributed by atoms with Crippen LogP contribution in [0, 0.1) is 0 Å². The van der Waals surface area contributed by atoms with E-state index in [4.69, 9.17) is 0 Å². The van der Waals surface area contributed by atoms with Gasteiger partial charge >= 0.3 is 0 Å². The molecule has 0 unspecified atom stereocenters. The highest BCUT2D eigenvalue weighted by Gasteiger charge is 2.06. The van der Waals surface area contributed by atoms with Crippen molar-refractivity contribution in [3.63, 3.8) is 0 Å². The average molecular weight is 418 g/mol. The fourth-order valence-electron chi connectivity index (χ4n) is 2.63. The lowest BCUT2D eigenvalue weighted by Gasteiger charge is -2.07. The molecule has 152 valence electrons. The van der Waals surface area contributed by atoms with Crippen molar-refractivity contribution in [2.75, 3.05) is 11.1 Å². The lowest BCUT2D eigenvalue weighted by molar-refractivity contribution is -0.120. The molecule has 3 aromatic carbocycles. The molecule has 0 heterocycles. The van der Waals surface area contributed by atoms with E-state index in [1.165, 1.54) is 0 Å². The van der Waals surface area contributed by atoms with Crippen LogP contribution in [0.2, 0.25) is 0 Å². The van der Waals surface area contributed by atoms with Crippen molar-refractivity contribution < 1.29 is 9.59 Å². The van der Waals surface area contributed by atoms with Crippen LogP contribution in [-0.2, 0) is 4.79 Å². The van der Waals surface area contributed by atoms with E-state index >= 15 is 0 Å². The number of hydrogen-bond donors (Lipinski definition) is 2. The normalized spacial score (nSPS) is 11.0. The second kappa shape index (κ2) is 11.0. The first-order chi connectivity index (χ1) is 14.6. The molecule has 0 aromatic heterocycles. The highest BCUT2D eigenvalue weighted by molar-refractivity contribution is 7.99. The maximum atomic E-state index is 12.2. The summed E-state index contributed by atoms with van der Waals surface area (Å²) in [5.74, 6) is 0.416. The molecule has 0 aliphatic heterocycles. The lowest BCUT2D eigenvalue weighted by Crippen LogP contribution is -2.19. The van der Waals surface area contributed by atoms with E-state index in [9.17, 15) is 9.59 Å². The van der Waals surface area contributed by atoms with Crippen molar-refractivity contribution in [3.05, 3.63) is 96.1 Å². The van der Waals surface area contributed by atoms with E-state index in [0.717, 1.165) is 10.5 Å². The maximum Gasteiger partial charge on any atom is 0.255 e. The number of anilines is 1. The maximum absolute atomic E-state index is 12.2. The third-order valence-electron chi connectivity index (χ3n) is 4.29. The number of carbonyl (C=O) groups excluding carboxylic acids is 2. The SMILES string of the molecule is C/C(=N/NC(=O)CCSc1ccccc1)c1ccc(NC(=O)c2ccccc2)cc1. The predicted molar refractivity (Wildman–Crippen MR) is 123 cm³/mol. The fraction of sp³-hybridized carbons (Fsp3) is 0.125. The van der Waals surface area contributed by atoms with Crippen LogP contribution in [0.1, 0.15) is 29.3 Å². The average Bonchev–Trinajstić information content (AvgIpc) is 2.79. The van der Waals surface area contributed by atoms with Crippen molar-refractivity contribution >= 4 is 35.0 Å². The number of amides is 2. The van der Waals surface area contributed by atoms with Crippen LogP contribution >= 0.6 is 11.8 Å². The standard InChI is InChI=1S/C24H23N3O2S/c1-18(26-27-23(28)16-17-30-22-10-6-3-7-11-22)19-12-14-21(15-13-19)25-24(29)20-8-4-2-5-9-20/h2-15H,16-17H2,1H3,(H,25,29)(H,27,28)/b26-18-. The number of carbonyl (C=O) groups is 2. The summed E-state index contributed by atoms with van der Waals surface area (Å²) in [6, 6.07) is 26.4. The zero-order valence-electron chi connectivity index (χ0n) is 16.7. The van der Waals surface area contributed by atoms with Crippen LogP contribution in [0.4, 0.5) is 5.69 Å². The highest BCUT2D eigenvalue weighted by Crippen LogP contribution is 2.17. The zero-order chi connectivity index (χ0) is 21.2. The molecule has 30 heavy (non-hydrogen) atoms. The molecule has 0 radical (unpaired) electrons. The highest BCUT2D eigenvalue weighted by atomic mass is 32.2. The largest absolute Gasteiger partial charge is 0.322 e. The molecule has 0 saturated heterocycles. The minimum absolute atomic E-state index is 0.121. The predicted octanol–water partition coefficient (Wildman–Crippen LogP) is 4.96. The molecule has 0 bridgehead atoms. The van der Waals surface area contributed by atoms with Gasteiger partial charge in [-0.05, 0) is 48.9 Å². The third kappa shape index (κ3) is 6.60. The van der Waals surface area contributed by atoms with Gasteiger partial charge in [0.25, 0.3) is 5.91 Å². The smallest absolute Gasteiger partial charge is 0.255 e. The number of hydrogen-bond acceptors (Lipinski definition) is 4. The molecule has 2 N–H and O–H groups in total. The zero-order valence-corrected chi connectivity index (χ0v) is 17.5. The molecule has 2 amide bonds. The van der Waals surface area contributed by atoms with Crippen LogP contribution in [-0.4, -0.2) is 23.3 Å². The Morgan fingerprint density at radius 2 is 1.47 bits per heavy atom. The molecule has 0 spiro atoms. The lowest BCUT2D eigenvalue weighted by atomic mass is 10.1. The Balaban J connectivity index is 1.47. The Labute approximate surface area is 180 Å². The van der Waals surface area contributed by atoms with Gasteiger partial charge in [0.15, 0.2) is 0 Å². The number of thioether (sulfide) groups is 1. The number of nitrogens with one attached hydrogen (secondary N) is 2. The molecule has 6 heteroatoms. The molecule has 0 aliphatic rings. The van der Waals surface area contributed by atoms with E-state index in [1.54, 1.807) is 23.9 Å². The molecule has 3 rings (SSSR count). The van der Waals surface area contributed by atoms with Crippen molar-refractivity contribution in [2.24, 2.45) is 5.10 Å². The van der Waals surface area contributed by atoms with Gasteiger partial charge in [0.2, 0.25) is 5.91 Å². The summed E-state index contributed by atoms with van der Waals surface area (Å²) in [5.41, 5.74) is 5.46. The Bertz CT molecular complexity index is 1000. The number of nitrogens with zero attached hydrogens (tertiary/aromatic N) is 1. The van der Waals surface area contributed by atoms with Gasteiger partial charge in [-0.3, -0.25) is 9.59 Å². The molecular weight excluding hydrogens is 394 g/mol. The van der Waals surface area contributed by atoms with E-state index in [2.05, 4.69) is 15.8 Å². The summed E-state index contributed by atoms with van der Waals surface area (Å²) >= 11 is 1.64. The molecule has 0 aliphatic carbocycles. The van der Waals surface area contributed by atoms with Gasteiger partial charge in [-0.2, -0.15) is 5.10 Å². The van der Waals surface area contributed by atoms with Gasteiger partial charge in [-0.25, -0.2) is 5.43 Å². The summed E-state index contributed by atoms with van der Waals surface area (Å²) in [7, 11) is 0. The summed E-state index contributed by atoms with van der Waals surface area (Å²) in [6.07, 6.45) is 0.390. The monoisotopic (exact) mass is 417 g/mol. The molecule has 0 saturated carbocycles. The summed E-state index contributed by atoms with van der Waals surface area (Å²) < 4.78 is 0. The molecule has 0 fully saturated rings. The first-order valence-corrected chi connectivity index (χ1v) is 10.6. The molecule has 3 aromatic rings. The van der Waals surface area contributed by atoms with Crippen LogP contribution < -0.4 is 10.7 Å². The Hall–Kier alpha value is -3.38. The first kappa shape index (κ1) is 21.3. The van der Waals surface area contributed by atoms with Crippen molar-refractivity contribution in [2.45, 2.75) is 18.2 Å². The van der Waals surface area contributed by atoms with Crippen LogP contribution in [0.3, 0.4) is 0 Å². The minimum atomic E-state index is -0.158. The van der Waals surface area contributed by atoms with Crippen molar-refractivity contribution in [3.8, 4) is 0 Å². The van der Waals surface area contributed by atoms with Gasteiger partial charge in [0.05, 0.1) is 5.71 Å². The van der Waals surface area contributed by atoms with Crippen LogP contribution in [0.25, 0.3) is 0 Å². The van der Waals surface area contributed by atoms with E-state index in [-0.39, 0.29) is 11.8 Å². The fourth-order valence-corrected chi connectivity index (χ4v) is 3.51. The van der Waals surface area contributed by atoms with E-state index in [1.807, 2.05) is 79.7 Å². The van der Waals surface area contributed by atoms with Gasteiger partial charge in [-0.1, -0.05) is 48.5 Å². The second-order valence-electron chi connectivity index (χ2n) is 6.54. The third-order valence-corrected chi connectivity index (χ3v) is 5.30. The summed E-state index contributed by atoms with van der Waals surface area (Å²) in [4.78, 5) is 25.3. The van der Waals surface area contributed by atoms with Crippen molar-refractivity contribution in [1.29, 1.82) is 0 Å². The Kier molecular flexibility index (Phi) is 7.80. The van der Waals surface area contributed by atoms with Gasteiger partial charge in [0, 0.05) is 28.3 Å². The van der Waals surface area contributed by atoms with Crippen molar-refractivity contribution in [1.82, 2.24) is 5.43 Å². The van der Waals surface area contributed by atoms with Crippen LogP contribution in [0.5, 0.6) is 0 Å². The molecule has 0 atom stereocenters. The number of hydrazone groups is 1. The topological polar surface area (TPSA) is 70.6 Å². The van der Waals surface area contributed by atoms with Gasteiger partial charge in [-0.15, -0.1) is 11.8 Å². The number of benzene rings is 3. The van der Waals surface area contributed by atoms with Crippen LogP contribution in [0.15, 0.2) is 94.9 Å². The molecular formula is C24H23N3O2S. The van der Waals surface area contributed by atoms with Gasteiger partial charge < -0.3 is 5.32 Å². The number of rotatable bonds is 8.